The topological polar surface area (TPSA) is 75.7 Å². The molecule has 2 rings (SSSR count). The average molecular weight is 312 g/mol. The average Bonchev–Trinajstić information content (AvgIpc) is 2.49. The van der Waals surface area contributed by atoms with Crippen LogP contribution in [0.25, 0.3) is 0 Å². The van der Waals surface area contributed by atoms with Crippen LogP contribution >= 0.6 is 0 Å². The molecule has 1 aromatic rings. The highest BCUT2D eigenvalue weighted by molar-refractivity contribution is 7.89. The molecule has 0 bridgehead atoms. The molecule has 0 aliphatic carbocycles. The standard InChI is InChI=1S/C14H20N2O4S/c1-10-9-20-11(2)8-16(10)14(17)12-5-4-6-13(7-12)21(18,19)15-3/h4-7,10-11,15H,8-9H2,1-3H3/t10-,11-/m1/s1. The maximum Gasteiger partial charge on any atom is 0.254 e. The number of sulfonamides is 1. The van der Waals surface area contributed by atoms with E-state index in [9.17, 15) is 13.2 Å². The Kier molecular flexibility index (Phi) is 4.65. The molecule has 0 unspecified atom stereocenters. The molecule has 1 aromatic carbocycles. The normalized spacial score (nSPS) is 23.1. The quantitative estimate of drug-likeness (QED) is 0.897. The summed E-state index contributed by atoms with van der Waals surface area (Å²) in [7, 11) is -2.21. The number of hydrogen-bond acceptors (Lipinski definition) is 4. The Labute approximate surface area is 125 Å². The SMILES string of the molecule is CNS(=O)(=O)c1cccc(C(=O)N2C[C@@H](C)OC[C@H]2C)c1. The van der Waals surface area contributed by atoms with Gasteiger partial charge in [-0.05, 0) is 39.1 Å². The minimum Gasteiger partial charge on any atom is -0.375 e. The Bertz CT molecular complexity index is 630. The maximum absolute atomic E-state index is 12.6. The van der Waals surface area contributed by atoms with Gasteiger partial charge in [0.25, 0.3) is 5.91 Å². The van der Waals surface area contributed by atoms with Gasteiger partial charge in [0.05, 0.1) is 23.6 Å². The van der Waals surface area contributed by atoms with Crippen molar-refractivity contribution in [2.75, 3.05) is 20.2 Å². The third-order valence-corrected chi connectivity index (χ3v) is 4.94. The fourth-order valence-corrected chi connectivity index (χ4v) is 3.04. The van der Waals surface area contributed by atoms with E-state index in [4.69, 9.17) is 4.74 Å². The van der Waals surface area contributed by atoms with E-state index in [-0.39, 0.29) is 22.9 Å². The van der Waals surface area contributed by atoms with Gasteiger partial charge in [0, 0.05) is 12.1 Å². The molecule has 2 atom stereocenters. The Morgan fingerprint density at radius 2 is 2.10 bits per heavy atom. The number of carbonyl (C=O) groups is 1. The van der Waals surface area contributed by atoms with Crippen molar-refractivity contribution in [3.63, 3.8) is 0 Å². The molecule has 1 amide bonds. The lowest BCUT2D eigenvalue weighted by Gasteiger charge is -2.36. The second-order valence-corrected chi connectivity index (χ2v) is 7.07. The Morgan fingerprint density at radius 3 is 2.76 bits per heavy atom. The van der Waals surface area contributed by atoms with Gasteiger partial charge in [-0.1, -0.05) is 6.07 Å². The van der Waals surface area contributed by atoms with Crippen molar-refractivity contribution < 1.29 is 17.9 Å². The summed E-state index contributed by atoms with van der Waals surface area (Å²) >= 11 is 0. The molecule has 6 nitrogen and oxygen atoms in total. The zero-order valence-corrected chi connectivity index (χ0v) is 13.2. The minimum atomic E-state index is -3.55. The summed E-state index contributed by atoms with van der Waals surface area (Å²) in [5.74, 6) is -0.175. The summed E-state index contributed by atoms with van der Waals surface area (Å²) in [6.07, 6.45) is -0.0191. The summed E-state index contributed by atoms with van der Waals surface area (Å²) in [5.41, 5.74) is 0.368. The molecule has 7 heteroatoms. The van der Waals surface area contributed by atoms with E-state index < -0.39 is 10.0 Å². The highest BCUT2D eigenvalue weighted by Crippen LogP contribution is 2.18. The van der Waals surface area contributed by atoms with Gasteiger partial charge < -0.3 is 9.64 Å². The van der Waals surface area contributed by atoms with Crippen molar-refractivity contribution in [1.29, 1.82) is 0 Å². The molecule has 0 radical (unpaired) electrons. The first kappa shape index (κ1) is 15.9. The first-order valence-electron chi connectivity index (χ1n) is 6.81. The fourth-order valence-electron chi connectivity index (χ4n) is 2.27. The van der Waals surface area contributed by atoms with Crippen molar-refractivity contribution >= 4 is 15.9 Å². The van der Waals surface area contributed by atoms with Crippen LogP contribution in [0.1, 0.15) is 24.2 Å². The Morgan fingerprint density at radius 1 is 1.38 bits per heavy atom. The molecule has 21 heavy (non-hydrogen) atoms. The van der Waals surface area contributed by atoms with Gasteiger partial charge in [0.15, 0.2) is 0 Å². The monoisotopic (exact) mass is 312 g/mol. The van der Waals surface area contributed by atoms with E-state index >= 15 is 0 Å². The first-order valence-corrected chi connectivity index (χ1v) is 8.29. The third kappa shape index (κ3) is 3.42. The number of nitrogens with one attached hydrogen (secondary N) is 1. The lowest BCUT2D eigenvalue weighted by atomic mass is 10.1. The van der Waals surface area contributed by atoms with Crippen molar-refractivity contribution in [1.82, 2.24) is 9.62 Å². The van der Waals surface area contributed by atoms with Crippen LogP contribution in [-0.2, 0) is 14.8 Å². The fraction of sp³-hybridized carbons (Fsp3) is 0.500. The van der Waals surface area contributed by atoms with E-state index in [0.717, 1.165) is 0 Å². The van der Waals surface area contributed by atoms with Crippen molar-refractivity contribution in [2.45, 2.75) is 30.9 Å². The second kappa shape index (κ2) is 6.13. The van der Waals surface area contributed by atoms with Crippen LogP contribution in [0.5, 0.6) is 0 Å². The number of morpholine rings is 1. The van der Waals surface area contributed by atoms with Gasteiger partial charge in [-0.2, -0.15) is 0 Å². The Balaban J connectivity index is 2.29. The van der Waals surface area contributed by atoms with Crippen LogP contribution in [0.2, 0.25) is 0 Å². The number of rotatable bonds is 3. The minimum absolute atomic E-state index is 0.0191. The predicted molar refractivity (Wildman–Crippen MR) is 78.6 cm³/mol. The summed E-state index contributed by atoms with van der Waals surface area (Å²) in [6.45, 7) is 4.82. The molecule has 1 aliphatic rings. The number of amides is 1. The van der Waals surface area contributed by atoms with Crippen LogP contribution < -0.4 is 4.72 Å². The zero-order chi connectivity index (χ0) is 15.6. The van der Waals surface area contributed by atoms with Gasteiger partial charge in [0.1, 0.15) is 0 Å². The van der Waals surface area contributed by atoms with Crippen LogP contribution in [0, 0.1) is 0 Å². The lowest BCUT2D eigenvalue weighted by molar-refractivity contribution is -0.0387. The number of ether oxygens (including phenoxy) is 1. The molecule has 116 valence electrons. The molecular weight excluding hydrogens is 292 g/mol. The lowest BCUT2D eigenvalue weighted by Crippen LogP contribution is -2.50. The summed E-state index contributed by atoms with van der Waals surface area (Å²) in [6, 6.07) is 6.04. The highest BCUT2D eigenvalue weighted by Gasteiger charge is 2.28. The molecular formula is C14H20N2O4S. The molecule has 0 aromatic heterocycles. The number of benzene rings is 1. The molecule has 1 fully saturated rings. The van der Waals surface area contributed by atoms with E-state index in [2.05, 4.69) is 4.72 Å². The van der Waals surface area contributed by atoms with Crippen molar-refractivity contribution in [3.05, 3.63) is 29.8 Å². The van der Waals surface area contributed by atoms with Gasteiger partial charge in [-0.15, -0.1) is 0 Å². The van der Waals surface area contributed by atoms with Gasteiger partial charge in [-0.25, -0.2) is 13.1 Å². The molecule has 1 heterocycles. The van der Waals surface area contributed by atoms with Gasteiger partial charge >= 0.3 is 0 Å². The maximum atomic E-state index is 12.6. The summed E-state index contributed by atoms with van der Waals surface area (Å²) in [4.78, 5) is 14.4. The van der Waals surface area contributed by atoms with E-state index in [1.807, 2.05) is 13.8 Å². The molecule has 0 saturated carbocycles. The van der Waals surface area contributed by atoms with Crippen molar-refractivity contribution in [3.8, 4) is 0 Å². The summed E-state index contributed by atoms with van der Waals surface area (Å²) < 4.78 is 31.4. The third-order valence-electron chi connectivity index (χ3n) is 3.53. The highest BCUT2D eigenvalue weighted by atomic mass is 32.2. The van der Waals surface area contributed by atoms with E-state index in [1.54, 1.807) is 17.0 Å². The predicted octanol–water partition coefficient (Wildman–Crippen LogP) is 0.844. The van der Waals surface area contributed by atoms with Crippen LogP contribution in [0.4, 0.5) is 0 Å². The first-order chi connectivity index (χ1) is 9.85. The van der Waals surface area contributed by atoms with E-state index in [0.29, 0.717) is 18.7 Å². The van der Waals surface area contributed by atoms with Crippen molar-refractivity contribution in [2.24, 2.45) is 0 Å². The molecule has 1 saturated heterocycles. The van der Waals surface area contributed by atoms with Crippen LogP contribution in [-0.4, -0.2) is 51.6 Å². The largest absolute Gasteiger partial charge is 0.375 e. The van der Waals surface area contributed by atoms with Gasteiger partial charge in [-0.3, -0.25) is 4.79 Å². The number of hydrogen-bond donors (Lipinski definition) is 1. The molecule has 1 N–H and O–H groups in total. The second-order valence-electron chi connectivity index (χ2n) is 5.19. The zero-order valence-electron chi connectivity index (χ0n) is 12.4. The number of nitrogens with zero attached hydrogens (tertiary/aromatic N) is 1. The van der Waals surface area contributed by atoms with Crippen LogP contribution in [0.3, 0.4) is 0 Å². The Hall–Kier alpha value is -1.44. The smallest absolute Gasteiger partial charge is 0.254 e. The van der Waals surface area contributed by atoms with Gasteiger partial charge in [0.2, 0.25) is 10.0 Å². The van der Waals surface area contributed by atoms with Crippen LogP contribution in [0.15, 0.2) is 29.2 Å². The molecule has 1 aliphatic heterocycles. The summed E-state index contributed by atoms with van der Waals surface area (Å²) in [5, 5.41) is 0. The number of carbonyl (C=O) groups excluding carboxylic acids is 1. The molecule has 0 spiro atoms. The van der Waals surface area contributed by atoms with E-state index in [1.165, 1.54) is 19.2 Å².